The second kappa shape index (κ2) is 5.20. The van der Waals surface area contributed by atoms with Crippen LogP contribution in [0.15, 0.2) is 24.3 Å². The van der Waals surface area contributed by atoms with Crippen LogP contribution in [0.25, 0.3) is 0 Å². The van der Waals surface area contributed by atoms with Gasteiger partial charge in [0, 0.05) is 6.54 Å². The minimum atomic E-state index is -3.44. The predicted octanol–water partition coefficient (Wildman–Crippen LogP) is 0.237. The molecule has 0 amide bonds. The highest BCUT2D eigenvalue weighted by molar-refractivity contribution is 7.88. The van der Waals surface area contributed by atoms with Gasteiger partial charge in [-0.25, -0.2) is 17.5 Å². The zero-order chi connectivity index (χ0) is 11.3. The second-order valence-corrected chi connectivity index (χ2v) is 4.81. The molecule has 0 bridgehead atoms. The highest BCUT2D eigenvalue weighted by Crippen LogP contribution is 2.06. The Morgan fingerprint density at radius 1 is 1.27 bits per heavy atom. The first-order valence-electron chi connectivity index (χ1n) is 4.36. The molecule has 1 aromatic carbocycles. The van der Waals surface area contributed by atoms with Crippen LogP contribution in [-0.4, -0.2) is 26.7 Å². The summed E-state index contributed by atoms with van der Waals surface area (Å²) in [6.07, 6.45) is 0. The van der Waals surface area contributed by atoms with Gasteiger partial charge in [0.15, 0.2) is 0 Å². The quantitative estimate of drug-likeness (QED) is 0.765. The summed E-state index contributed by atoms with van der Waals surface area (Å²) in [5.74, 6) is -0.618. The minimum absolute atomic E-state index is 0.0104. The number of halogens is 1. The van der Waals surface area contributed by atoms with Gasteiger partial charge in [-0.05, 0) is 17.7 Å². The number of hydrogen-bond donors (Lipinski definition) is 2. The summed E-state index contributed by atoms with van der Waals surface area (Å²) >= 11 is 0. The third-order valence-electron chi connectivity index (χ3n) is 1.70. The van der Waals surface area contributed by atoms with Crippen LogP contribution in [0.3, 0.4) is 0 Å². The Morgan fingerprint density at radius 3 is 2.40 bits per heavy atom. The van der Waals surface area contributed by atoms with Gasteiger partial charge in [0.1, 0.15) is 5.82 Å². The Hall–Kier alpha value is -0.980. The topological polar surface area (TPSA) is 66.4 Å². The minimum Gasteiger partial charge on any atom is -0.395 e. The molecule has 0 fully saturated rings. The smallest absolute Gasteiger partial charge is 0.215 e. The lowest BCUT2D eigenvalue weighted by Crippen LogP contribution is -2.27. The van der Waals surface area contributed by atoms with Gasteiger partial charge in [0.05, 0.1) is 12.4 Å². The molecule has 4 nitrogen and oxygen atoms in total. The third-order valence-corrected chi connectivity index (χ3v) is 3.06. The predicted molar refractivity (Wildman–Crippen MR) is 54.1 cm³/mol. The van der Waals surface area contributed by atoms with Gasteiger partial charge in [0.2, 0.25) is 10.0 Å². The molecule has 0 heterocycles. The first kappa shape index (κ1) is 12.1. The van der Waals surface area contributed by atoms with Crippen molar-refractivity contribution in [2.24, 2.45) is 0 Å². The summed E-state index contributed by atoms with van der Waals surface area (Å²) in [6.45, 7) is -0.258. The summed E-state index contributed by atoms with van der Waals surface area (Å²) in [4.78, 5) is 0. The number of aliphatic hydroxyl groups is 1. The number of benzene rings is 1. The number of sulfonamides is 1. The van der Waals surface area contributed by atoms with Crippen molar-refractivity contribution in [2.75, 3.05) is 13.2 Å². The molecular formula is C9H12FNO3S. The van der Waals surface area contributed by atoms with Crippen molar-refractivity contribution in [1.82, 2.24) is 4.72 Å². The maximum absolute atomic E-state index is 12.5. The highest BCUT2D eigenvalue weighted by atomic mass is 32.2. The first-order valence-corrected chi connectivity index (χ1v) is 6.01. The molecule has 0 saturated heterocycles. The van der Waals surface area contributed by atoms with Gasteiger partial charge in [-0.1, -0.05) is 12.1 Å². The Labute approximate surface area is 87.8 Å². The SMILES string of the molecule is O=S(=O)(Cc1ccc(F)cc1)NCCO. The number of aliphatic hydroxyl groups excluding tert-OH is 1. The van der Waals surface area contributed by atoms with E-state index in [9.17, 15) is 12.8 Å². The summed E-state index contributed by atoms with van der Waals surface area (Å²) < 4.78 is 37.4. The molecule has 0 aliphatic carbocycles. The number of hydrogen-bond acceptors (Lipinski definition) is 3. The van der Waals surface area contributed by atoms with E-state index in [0.717, 1.165) is 0 Å². The Bertz CT molecular complexity index is 402. The summed E-state index contributed by atoms with van der Waals surface area (Å²) in [5, 5.41) is 8.46. The normalized spacial score (nSPS) is 11.6. The van der Waals surface area contributed by atoms with E-state index in [0.29, 0.717) is 5.56 Å². The van der Waals surface area contributed by atoms with Gasteiger partial charge in [-0.15, -0.1) is 0 Å². The number of nitrogens with one attached hydrogen (secondary N) is 1. The molecule has 0 aliphatic rings. The number of rotatable bonds is 5. The highest BCUT2D eigenvalue weighted by Gasteiger charge is 2.10. The zero-order valence-corrected chi connectivity index (χ0v) is 8.80. The lowest BCUT2D eigenvalue weighted by atomic mass is 10.2. The van der Waals surface area contributed by atoms with Crippen molar-refractivity contribution in [3.63, 3.8) is 0 Å². The van der Waals surface area contributed by atoms with Crippen LogP contribution in [0.2, 0.25) is 0 Å². The maximum atomic E-state index is 12.5. The van der Waals surface area contributed by atoms with Crippen molar-refractivity contribution >= 4 is 10.0 Å². The van der Waals surface area contributed by atoms with Crippen LogP contribution in [0.5, 0.6) is 0 Å². The van der Waals surface area contributed by atoms with E-state index in [-0.39, 0.29) is 18.9 Å². The molecule has 0 aliphatic heterocycles. The molecule has 2 N–H and O–H groups in total. The van der Waals surface area contributed by atoms with Crippen LogP contribution in [0.1, 0.15) is 5.56 Å². The van der Waals surface area contributed by atoms with E-state index in [2.05, 4.69) is 4.72 Å². The molecule has 15 heavy (non-hydrogen) atoms. The lowest BCUT2D eigenvalue weighted by Gasteiger charge is -2.04. The van der Waals surface area contributed by atoms with E-state index < -0.39 is 15.8 Å². The molecule has 0 radical (unpaired) electrons. The van der Waals surface area contributed by atoms with Crippen LogP contribution < -0.4 is 4.72 Å². The van der Waals surface area contributed by atoms with E-state index in [1.54, 1.807) is 0 Å². The van der Waals surface area contributed by atoms with Crippen LogP contribution in [-0.2, 0) is 15.8 Å². The summed E-state index contributed by atoms with van der Waals surface area (Å²) in [7, 11) is -3.44. The van der Waals surface area contributed by atoms with E-state index in [4.69, 9.17) is 5.11 Å². The van der Waals surface area contributed by atoms with Gasteiger partial charge >= 0.3 is 0 Å². The molecule has 1 rings (SSSR count). The summed E-state index contributed by atoms with van der Waals surface area (Å²) in [5.41, 5.74) is 0.502. The van der Waals surface area contributed by atoms with Crippen molar-refractivity contribution < 1.29 is 17.9 Å². The fourth-order valence-electron chi connectivity index (χ4n) is 1.05. The van der Waals surface area contributed by atoms with Gasteiger partial charge < -0.3 is 5.11 Å². The third kappa shape index (κ3) is 4.37. The Morgan fingerprint density at radius 2 is 1.87 bits per heavy atom. The maximum Gasteiger partial charge on any atom is 0.215 e. The van der Waals surface area contributed by atoms with E-state index in [1.165, 1.54) is 24.3 Å². The Kier molecular flexibility index (Phi) is 4.19. The molecule has 6 heteroatoms. The van der Waals surface area contributed by atoms with Crippen molar-refractivity contribution in [3.8, 4) is 0 Å². The van der Waals surface area contributed by atoms with Gasteiger partial charge in [0.25, 0.3) is 0 Å². The Balaban J connectivity index is 2.65. The van der Waals surface area contributed by atoms with Crippen LogP contribution >= 0.6 is 0 Å². The fraction of sp³-hybridized carbons (Fsp3) is 0.333. The summed E-state index contributed by atoms with van der Waals surface area (Å²) in [6, 6.07) is 5.23. The van der Waals surface area contributed by atoms with Gasteiger partial charge in [-0.3, -0.25) is 0 Å². The van der Waals surface area contributed by atoms with Crippen molar-refractivity contribution in [3.05, 3.63) is 35.6 Å². The first-order chi connectivity index (χ1) is 7.03. The lowest BCUT2D eigenvalue weighted by molar-refractivity contribution is 0.301. The fourth-order valence-corrected chi connectivity index (χ4v) is 2.19. The molecular weight excluding hydrogens is 221 g/mol. The average molecular weight is 233 g/mol. The van der Waals surface area contributed by atoms with Crippen LogP contribution in [0.4, 0.5) is 4.39 Å². The average Bonchev–Trinajstić information content (AvgIpc) is 2.18. The molecule has 0 unspecified atom stereocenters. The zero-order valence-electron chi connectivity index (χ0n) is 7.98. The molecule has 0 aromatic heterocycles. The molecule has 0 atom stereocenters. The van der Waals surface area contributed by atoms with Crippen molar-refractivity contribution in [2.45, 2.75) is 5.75 Å². The van der Waals surface area contributed by atoms with E-state index >= 15 is 0 Å². The molecule has 0 spiro atoms. The standard InChI is InChI=1S/C9H12FNO3S/c10-9-3-1-8(2-4-9)7-15(13,14)11-5-6-12/h1-4,11-12H,5-7H2. The molecule has 84 valence electrons. The second-order valence-electron chi connectivity index (χ2n) is 3.00. The van der Waals surface area contributed by atoms with E-state index in [1.807, 2.05) is 0 Å². The van der Waals surface area contributed by atoms with Gasteiger partial charge in [-0.2, -0.15) is 0 Å². The molecule has 1 aromatic rings. The molecule has 0 saturated carbocycles. The largest absolute Gasteiger partial charge is 0.395 e. The monoisotopic (exact) mass is 233 g/mol. The van der Waals surface area contributed by atoms with Crippen LogP contribution in [0, 0.1) is 5.82 Å². The van der Waals surface area contributed by atoms with Crippen molar-refractivity contribution in [1.29, 1.82) is 0 Å².